The monoisotopic (exact) mass is 688 g/mol. The van der Waals surface area contributed by atoms with Crippen molar-refractivity contribution in [2.75, 3.05) is 0 Å². The summed E-state index contributed by atoms with van der Waals surface area (Å²) in [6.07, 6.45) is 40.1. The first-order valence-corrected chi connectivity index (χ1v) is 21.2. The van der Waals surface area contributed by atoms with Gasteiger partial charge in [-0.1, -0.05) is 168 Å². The summed E-state index contributed by atoms with van der Waals surface area (Å²) >= 11 is 0. The van der Waals surface area contributed by atoms with Crippen molar-refractivity contribution in [3.8, 4) is 0 Å². The van der Waals surface area contributed by atoms with E-state index >= 15 is 0 Å². The summed E-state index contributed by atoms with van der Waals surface area (Å²) in [5.41, 5.74) is 4.49. The number of hydrogen-bond donors (Lipinski definition) is 0. The van der Waals surface area contributed by atoms with Crippen LogP contribution in [0, 0.1) is 13.8 Å². The van der Waals surface area contributed by atoms with Crippen LogP contribution in [0.25, 0.3) is 0 Å². The van der Waals surface area contributed by atoms with Gasteiger partial charge in [0.1, 0.15) is 6.54 Å². The number of hydrogen-bond acceptors (Lipinski definition) is 0. The summed E-state index contributed by atoms with van der Waals surface area (Å²) in [5, 5.41) is 0. The number of pyridine rings is 1. The molecule has 0 aliphatic heterocycles. The van der Waals surface area contributed by atoms with Crippen molar-refractivity contribution in [1.82, 2.24) is 0 Å². The minimum atomic E-state index is -10.7. The van der Waals surface area contributed by atoms with Crippen LogP contribution in [0.1, 0.15) is 204 Å². The van der Waals surface area contributed by atoms with E-state index in [1.54, 1.807) is 5.69 Å². The fraction of sp³-hybridized carbons (Fsp3) is 0.868. The SMILES string of the molecule is CCCCCCCCCCCCCCCC[n+]1c(C)cc(C)cc1CCCCCCCCCCCCCCC.F[P-](F)(F)(F)(F)F. The van der Waals surface area contributed by atoms with Crippen LogP contribution in [0.2, 0.25) is 0 Å². The first-order chi connectivity index (χ1) is 21.6. The first-order valence-electron chi connectivity index (χ1n) is 19.2. The summed E-state index contributed by atoms with van der Waals surface area (Å²) in [6, 6.07) is 4.86. The fourth-order valence-electron chi connectivity index (χ4n) is 6.33. The van der Waals surface area contributed by atoms with E-state index in [1.165, 1.54) is 198 Å². The second-order valence-electron chi connectivity index (χ2n) is 13.9. The van der Waals surface area contributed by atoms with E-state index < -0.39 is 7.81 Å². The van der Waals surface area contributed by atoms with E-state index in [-0.39, 0.29) is 0 Å². The Kier molecular flexibility index (Phi) is 24.7. The van der Waals surface area contributed by atoms with E-state index in [0.717, 1.165) is 0 Å². The van der Waals surface area contributed by atoms with Gasteiger partial charge in [0, 0.05) is 31.9 Å². The van der Waals surface area contributed by atoms with Gasteiger partial charge in [-0.15, -0.1) is 0 Å². The Morgan fingerprint density at radius 1 is 0.435 bits per heavy atom. The molecule has 0 saturated heterocycles. The third kappa shape index (κ3) is 36.0. The summed E-state index contributed by atoms with van der Waals surface area (Å²) < 4.78 is 61.8. The molecule has 1 aromatic heterocycles. The normalized spacial score (nSPS) is 13.3. The van der Waals surface area contributed by atoms with Gasteiger partial charge in [-0.25, -0.2) is 4.57 Å². The maximum atomic E-state index is 9.87. The Bertz CT molecular complexity index is 846. The van der Waals surface area contributed by atoms with E-state index in [0.29, 0.717) is 0 Å². The van der Waals surface area contributed by atoms with Gasteiger partial charge in [0.2, 0.25) is 0 Å². The molecule has 1 nitrogen and oxygen atoms in total. The van der Waals surface area contributed by atoms with Crippen molar-refractivity contribution in [1.29, 1.82) is 0 Å². The Labute approximate surface area is 280 Å². The summed E-state index contributed by atoms with van der Waals surface area (Å²) in [6.45, 7) is 10.4. The Hall–Kier alpha value is -0.840. The molecule has 0 fully saturated rings. The minimum absolute atomic E-state index is 1.22. The molecular formula is C38H72F6NP. The molecule has 0 atom stereocenters. The van der Waals surface area contributed by atoms with E-state index in [9.17, 15) is 25.2 Å². The van der Waals surface area contributed by atoms with E-state index in [2.05, 4.69) is 44.4 Å². The van der Waals surface area contributed by atoms with Gasteiger partial charge in [0.15, 0.2) is 11.4 Å². The molecule has 276 valence electrons. The van der Waals surface area contributed by atoms with Gasteiger partial charge in [0.05, 0.1) is 0 Å². The number of nitrogens with zero attached hydrogens (tertiary/aromatic N) is 1. The topological polar surface area (TPSA) is 3.88 Å². The predicted octanol–water partition coefficient (Wildman–Crippen LogP) is 16.1. The molecule has 0 spiro atoms. The summed E-state index contributed by atoms with van der Waals surface area (Å²) in [5.74, 6) is 0. The van der Waals surface area contributed by atoms with Gasteiger partial charge in [0.25, 0.3) is 0 Å². The van der Waals surface area contributed by atoms with E-state index in [1.807, 2.05) is 0 Å². The molecule has 8 heteroatoms. The fourth-order valence-corrected chi connectivity index (χ4v) is 6.33. The number of aryl methyl sites for hydroxylation is 3. The van der Waals surface area contributed by atoms with Gasteiger partial charge in [-0.2, -0.15) is 0 Å². The molecule has 1 rings (SSSR count). The third-order valence-corrected chi connectivity index (χ3v) is 8.88. The number of unbranched alkanes of at least 4 members (excludes halogenated alkanes) is 25. The molecule has 0 saturated carbocycles. The second kappa shape index (κ2) is 25.2. The quantitative estimate of drug-likeness (QED) is 0.0342. The molecule has 1 aromatic rings. The molecule has 0 bridgehead atoms. The van der Waals surface area contributed by atoms with Crippen molar-refractivity contribution < 1.29 is 29.7 Å². The molecule has 0 aliphatic rings. The van der Waals surface area contributed by atoms with Crippen LogP contribution in [-0.2, 0) is 13.0 Å². The van der Waals surface area contributed by atoms with Crippen LogP contribution >= 0.6 is 7.81 Å². The molecule has 46 heavy (non-hydrogen) atoms. The van der Waals surface area contributed by atoms with Gasteiger partial charge in [-0.05, 0) is 25.3 Å². The standard InChI is InChI=1S/C38H72N.F6P/c1-5-7-9-11-13-15-17-19-21-23-25-27-29-31-33-39-37(4)34-36(3)35-38(39)32-30-28-26-24-22-20-18-16-14-12-10-8-6-2;1-7(2,3,4,5)6/h34-35H,5-33H2,1-4H3;/q+1;-1. The van der Waals surface area contributed by atoms with Crippen LogP contribution in [0.5, 0.6) is 0 Å². The molecule has 0 unspecified atom stereocenters. The second-order valence-corrected chi connectivity index (χ2v) is 15.8. The van der Waals surface area contributed by atoms with Crippen molar-refractivity contribution in [2.45, 2.75) is 214 Å². The van der Waals surface area contributed by atoms with Gasteiger partial charge < -0.3 is 0 Å². The molecular weight excluding hydrogens is 615 g/mol. The zero-order valence-corrected chi connectivity index (χ0v) is 31.2. The van der Waals surface area contributed by atoms with Gasteiger partial charge >= 0.3 is 33.0 Å². The molecule has 1 heterocycles. The maximum absolute atomic E-state index is 10.7. The molecule has 0 amide bonds. The molecule has 0 aromatic carbocycles. The predicted molar refractivity (Wildman–Crippen MR) is 189 cm³/mol. The average Bonchev–Trinajstić information content (AvgIpc) is 2.95. The van der Waals surface area contributed by atoms with Gasteiger partial charge in [-0.3, -0.25) is 0 Å². The Morgan fingerprint density at radius 3 is 1.04 bits per heavy atom. The first kappa shape index (κ1) is 45.2. The van der Waals surface area contributed by atoms with E-state index in [4.69, 9.17) is 0 Å². The zero-order chi connectivity index (χ0) is 34.6. The van der Waals surface area contributed by atoms with Crippen LogP contribution in [0.4, 0.5) is 25.2 Å². The summed E-state index contributed by atoms with van der Waals surface area (Å²) in [7, 11) is -10.7. The van der Waals surface area contributed by atoms with Crippen molar-refractivity contribution in [2.24, 2.45) is 0 Å². The zero-order valence-electron chi connectivity index (χ0n) is 30.3. The molecule has 0 N–H and O–H groups in total. The van der Waals surface area contributed by atoms with Crippen molar-refractivity contribution in [3.63, 3.8) is 0 Å². The Balaban J connectivity index is 0.00000258. The van der Waals surface area contributed by atoms with Crippen molar-refractivity contribution >= 4 is 7.81 Å². The van der Waals surface area contributed by atoms with Crippen LogP contribution < -0.4 is 4.57 Å². The van der Waals surface area contributed by atoms with Crippen LogP contribution in [0.3, 0.4) is 0 Å². The third-order valence-electron chi connectivity index (χ3n) is 8.88. The van der Waals surface area contributed by atoms with Crippen LogP contribution in [0.15, 0.2) is 12.1 Å². The number of halogens is 6. The number of aromatic nitrogens is 1. The van der Waals surface area contributed by atoms with Crippen molar-refractivity contribution in [3.05, 3.63) is 29.1 Å². The number of rotatable bonds is 29. The average molecular weight is 688 g/mol. The van der Waals surface area contributed by atoms with Crippen LogP contribution in [-0.4, -0.2) is 0 Å². The molecule has 0 aliphatic carbocycles. The molecule has 0 radical (unpaired) electrons. The Morgan fingerprint density at radius 2 is 0.717 bits per heavy atom. The summed E-state index contributed by atoms with van der Waals surface area (Å²) in [4.78, 5) is 0.